The summed E-state index contributed by atoms with van der Waals surface area (Å²) in [5.74, 6) is 0.509. The van der Waals surface area contributed by atoms with Crippen molar-refractivity contribution < 1.29 is 4.79 Å². The normalized spacial score (nSPS) is 16.2. The van der Waals surface area contributed by atoms with Crippen LogP contribution in [0.15, 0.2) is 48.9 Å². The van der Waals surface area contributed by atoms with E-state index < -0.39 is 0 Å². The molecule has 0 unspecified atom stereocenters. The molecule has 1 saturated heterocycles. The summed E-state index contributed by atoms with van der Waals surface area (Å²) in [4.78, 5) is 21.4. The van der Waals surface area contributed by atoms with Gasteiger partial charge in [0.25, 0.3) is 5.91 Å². The number of benzene rings is 1. The molecular weight excluding hydrogens is 386 g/mol. The summed E-state index contributed by atoms with van der Waals surface area (Å²) in [6, 6.07) is 9.76. The molecule has 4 N–H and O–H groups in total. The summed E-state index contributed by atoms with van der Waals surface area (Å²) in [6.07, 6.45) is 6.25. The van der Waals surface area contributed by atoms with Crippen LogP contribution in [0.25, 0.3) is 21.3 Å². The number of aromatic nitrogens is 4. The van der Waals surface area contributed by atoms with Crippen molar-refractivity contribution in [2.24, 2.45) is 0 Å². The Hall–Kier alpha value is -3.30. The molecule has 4 heterocycles. The van der Waals surface area contributed by atoms with Crippen LogP contribution < -0.4 is 16.0 Å². The molecule has 1 aliphatic rings. The van der Waals surface area contributed by atoms with E-state index in [0.717, 1.165) is 46.0 Å². The Labute approximate surface area is 170 Å². The molecule has 9 heteroatoms. The number of rotatable bonds is 5. The molecule has 1 atom stereocenters. The monoisotopic (exact) mass is 405 g/mol. The lowest BCUT2D eigenvalue weighted by Crippen LogP contribution is -2.36. The van der Waals surface area contributed by atoms with E-state index in [4.69, 9.17) is 0 Å². The van der Waals surface area contributed by atoms with Gasteiger partial charge in [-0.15, -0.1) is 0 Å². The number of amides is 1. The van der Waals surface area contributed by atoms with E-state index in [9.17, 15) is 4.79 Å². The second-order valence-corrected chi connectivity index (χ2v) is 7.94. The number of aromatic amines is 1. The number of fused-ring (bicyclic) bond motifs is 1. The maximum Gasteiger partial charge on any atom is 0.251 e. The number of nitrogens with zero attached hydrogens (tertiary/aromatic N) is 3. The van der Waals surface area contributed by atoms with Gasteiger partial charge in [-0.1, -0.05) is 17.4 Å². The molecule has 0 spiro atoms. The van der Waals surface area contributed by atoms with Crippen molar-refractivity contribution >= 4 is 38.4 Å². The number of H-pyrrole nitrogens is 1. The fourth-order valence-corrected chi connectivity index (χ4v) is 4.27. The van der Waals surface area contributed by atoms with Gasteiger partial charge in [-0.2, -0.15) is 5.10 Å². The first-order valence-electron chi connectivity index (χ1n) is 9.39. The molecule has 1 fully saturated rings. The van der Waals surface area contributed by atoms with Crippen molar-refractivity contribution in [1.82, 2.24) is 30.8 Å². The minimum Gasteiger partial charge on any atom is -0.348 e. The number of anilines is 2. The van der Waals surface area contributed by atoms with E-state index >= 15 is 0 Å². The van der Waals surface area contributed by atoms with Gasteiger partial charge in [-0.05, 0) is 42.8 Å². The lowest BCUT2D eigenvalue weighted by Gasteiger charge is -2.11. The Morgan fingerprint density at radius 3 is 3.00 bits per heavy atom. The number of hydrogen-bond acceptors (Lipinski definition) is 7. The largest absolute Gasteiger partial charge is 0.348 e. The zero-order valence-electron chi connectivity index (χ0n) is 15.5. The van der Waals surface area contributed by atoms with Gasteiger partial charge in [0, 0.05) is 36.1 Å². The standard InChI is InChI=1S/C20H19N7OS/c28-19(25-15-4-5-21-11-15)13-3-6-22-18(8-13)27-20-26-16-2-1-12(7-17(16)29-20)14-9-23-24-10-14/h1-3,6-10,15,21H,4-5,11H2,(H,23,24)(H,25,28)(H,22,26,27)/t15-/m0/s1. The molecule has 1 aromatic carbocycles. The lowest BCUT2D eigenvalue weighted by atomic mass is 10.1. The highest BCUT2D eigenvalue weighted by molar-refractivity contribution is 7.22. The zero-order valence-corrected chi connectivity index (χ0v) is 16.3. The molecule has 146 valence electrons. The topological polar surface area (TPSA) is 108 Å². The van der Waals surface area contributed by atoms with Crippen LogP contribution in [-0.2, 0) is 0 Å². The highest BCUT2D eigenvalue weighted by Gasteiger charge is 2.18. The molecule has 1 aliphatic heterocycles. The van der Waals surface area contributed by atoms with E-state index in [1.54, 1.807) is 35.9 Å². The summed E-state index contributed by atoms with van der Waals surface area (Å²) < 4.78 is 1.06. The number of hydrogen-bond donors (Lipinski definition) is 4. The molecule has 0 bridgehead atoms. The maximum atomic E-state index is 12.5. The number of carbonyl (C=O) groups excluding carboxylic acids is 1. The van der Waals surface area contributed by atoms with Crippen molar-refractivity contribution in [3.63, 3.8) is 0 Å². The van der Waals surface area contributed by atoms with E-state index in [2.05, 4.69) is 42.2 Å². The average molecular weight is 405 g/mol. The summed E-state index contributed by atoms with van der Waals surface area (Å²) in [5, 5.41) is 17.1. The Morgan fingerprint density at radius 2 is 2.17 bits per heavy atom. The Balaban J connectivity index is 1.34. The van der Waals surface area contributed by atoms with E-state index in [0.29, 0.717) is 11.4 Å². The van der Waals surface area contributed by atoms with Crippen LogP contribution in [0.4, 0.5) is 10.9 Å². The highest BCUT2D eigenvalue weighted by atomic mass is 32.1. The quantitative estimate of drug-likeness (QED) is 0.407. The lowest BCUT2D eigenvalue weighted by molar-refractivity contribution is 0.0940. The molecule has 4 aromatic rings. The number of nitrogens with one attached hydrogen (secondary N) is 4. The molecule has 0 aliphatic carbocycles. The zero-order chi connectivity index (χ0) is 19.6. The van der Waals surface area contributed by atoms with Gasteiger partial charge < -0.3 is 16.0 Å². The first kappa shape index (κ1) is 17.8. The first-order chi connectivity index (χ1) is 14.2. The van der Waals surface area contributed by atoms with Crippen LogP contribution in [0.5, 0.6) is 0 Å². The van der Waals surface area contributed by atoms with Crippen LogP contribution in [0.2, 0.25) is 0 Å². The molecule has 1 amide bonds. The van der Waals surface area contributed by atoms with Gasteiger partial charge in [0.1, 0.15) is 5.82 Å². The summed E-state index contributed by atoms with van der Waals surface area (Å²) >= 11 is 1.54. The van der Waals surface area contributed by atoms with Gasteiger partial charge in [-0.3, -0.25) is 9.89 Å². The van der Waals surface area contributed by atoms with E-state index in [1.807, 2.05) is 18.3 Å². The molecule has 5 rings (SSSR count). The maximum absolute atomic E-state index is 12.5. The molecule has 8 nitrogen and oxygen atoms in total. The second-order valence-electron chi connectivity index (χ2n) is 6.91. The summed E-state index contributed by atoms with van der Waals surface area (Å²) in [6.45, 7) is 1.75. The van der Waals surface area contributed by atoms with Gasteiger partial charge in [0.15, 0.2) is 5.13 Å². The molecule has 29 heavy (non-hydrogen) atoms. The molecular formula is C20H19N7OS. The van der Waals surface area contributed by atoms with Crippen molar-refractivity contribution in [2.75, 3.05) is 18.4 Å². The third-order valence-corrected chi connectivity index (χ3v) is 5.81. The minimum atomic E-state index is -0.0850. The van der Waals surface area contributed by atoms with Crippen molar-refractivity contribution in [2.45, 2.75) is 12.5 Å². The van der Waals surface area contributed by atoms with Crippen LogP contribution in [0.1, 0.15) is 16.8 Å². The van der Waals surface area contributed by atoms with Crippen LogP contribution in [0, 0.1) is 0 Å². The van der Waals surface area contributed by atoms with Crippen molar-refractivity contribution in [3.05, 3.63) is 54.5 Å². The third-order valence-electron chi connectivity index (χ3n) is 4.87. The van der Waals surface area contributed by atoms with Crippen LogP contribution in [0.3, 0.4) is 0 Å². The third kappa shape index (κ3) is 3.82. The number of carbonyl (C=O) groups is 1. The predicted octanol–water partition coefficient (Wildman–Crippen LogP) is 2.92. The minimum absolute atomic E-state index is 0.0850. The predicted molar refractivity (Wildman–Crippen MR) is 113 cm³/mol. The SMILES string of the molecule is O=C(N[C@H]1CCNC1)c1ccnc(Nc2nc3ccc(-c4cn[nH]c4)cc3s2)c1. The van der Waals surface area contributed by atoms with Gasteiger partial charge in [0.05, 0.1) is 16.4 Å². The van der Waals surface area contributed by atoms with Crippen LogP contribution in [-0.4, -0.2) is 45.2 Å². The summed E-state index contributed by atoms with van der Waals surface area (Å²) in [7, 11) is 0. The smallest absolute Gasteiger partial charge is 0.251 e. The Morgan fingerprint density at radius 1 is 1.21 bits per heavy atom. The van der Waals surface area contributed by atoms with Crippen LogP contribution >= 0.6 is 11.3 Å². The number of thiazole rings is 1. The Kier molecular flexibility index (Phi) is 4.66. The Bertz CT molecular complexity index is 1150. The summed E-state index contributed by atoms with van der Waals surface area (Å²) in [5.41, 5.74) is 3.61. The molecule has 0 saturated carbocycles. The molecule has 3 aromatic heterocycles. The van der Waals surface area contributed by atoms with Crippen molar-refractivity contribution in [3.8, 4) is 11.1 Å². The van der Waals surface area contributed by atoms with Crippen molar-refractivity contribution in [1.29, 1.82) is 0 Å². The van der Waals surface area contributed by atoms with E-state index in [-0.39, 0.29) is 11.9 Å². The van der Waals surface area contributed by atoms with Gasteiger partial charge in [0.2, 0.25) is 0 Å². The van der Waals surface area contributed by atoms with Gasteiger partial charge in [-0.25, -0.2) is 9.97 Å². The highest BCUT2D eigenvalue weighted by Crippen LogP contribution is 2.31. The number of pyridine rings is 1. The molecule has 0 radical (unpaired) electrons. The fourth-order valence-electron chi connectivity index (χ4n) is 3.36. The average Bonchev–Trinajstić information content (AvgIpc) is 3.49. The van der Waals surface area contributed by atoms with E-state index in [1.165, 1.54) is 0 Å². The second kappa shape index (κ2) is 7.61. The fraction of sp³-hybridized carbons (Fsp3) is 0.200. The first-order valence-corrected chi connectivity index (χ1v) is 10.2. The van der Waals surface area contributed by atoms with Gasteiger partial charge >= 0.3 is 0 Å².